The van der Waals surface area contributed by atoms with Gasteiger partial charge in [0.05, 0.1) is 0 Å². The monoisotopic (exact) mass is 436 g/mol. The third-order valence-electron chi connectivity index (χ3n) is 7.23. The van der Waals surface area contributed by atoms with Gasteiger partial charge in [-0.15, -0.1) is 0 Å². The van der Waals surface area contributed by atoms with Gasteiger partial charge in [-0.2, -0.15) is 0 Å². The Morgan fingerprint density at radius 2 is 1.03 bits per heavy atom. The van der Waals surface area contributed by atoms with Crippen LogP contribution < -0.4 is 0 Å². The highest BCUT2D eigenvalue weighted by Crippen LogP contribution is 2.39. The van der Waals surface area contributed by atoms with E-state index in [1.165, 1.54) is 59.8 Å². The Bertz CT molecular complexity index is 1850. The molecule has 0 fully saturated rings. The molecule has 1 nitrogen and oxygen atoms in total. The Labute approximate surface area is 198 Å². The van der Waals surface area contributed by atoms with Crippen LogP contribution in [0.1, 0.15) is 25.3 Å². The van der Waals surface area contributed by atoms with E-state index in [0.29, 0.717) is 5.92 Å². The first kappa shape index (κ1) is 19.4. The van der Waals surface area contributed by atoms with Crippen molar-refractivity contribution in [2.45, 2.75) is 19.8 Å². The zero-order chi connectivity index (χ0) is 22.8. The number of benzene rings is 6. The molecule has 0 unspecified atom stereocenters. The van der Waals surface area contributed by atoms with E-state index in [1.807, 2.05) is 0 Å². The molecule has 0 atom stereocenters. The van der Waals surface area contributed by atoms with Crippen LogP contribution in [0.15, 0.2) is 108 Å². The Kier molecular flexibility index (Phi) is 4.10. The van der Waals surface area contributed by atoms with Crippen molar-refractivity contribution in [2.24, 2.45) is 0 Å². The molecule has 0 aliphatic carbocycles. The summed E-state index contributed by atoms with van der Waals surface area (Å²) in [4.78, 5) is 0. The summed E-state index contributed by atoms with van der Waals surface area (Å²) in [5.41, 5.74) is 5.64. The van der Waals surface area contributed by atoms with Gasteiger partial charge >= 0.3 is 0 Å². The zero-order valence-electron chi connectivity index (χ0n) is 19.3. The Morgan fingerprint density at radius 3 is 1.68 bits per heavy atom. The first-order valence-corrected chi connectivity index (χ1v) is 12.0. The van der Waals surface area contributed by atoms with Gasteiger partial charge in [-0.1, -0.05) is 92.7 Å². The molecule has 0 radical (unpaired) electrons. The first-order valence-electron chi connectivity index (χ1n) is 12.0. The lowest BCUT2D eigenvalue weighted by Gasteiger charge is -2.12. The summed E-state index contributed by atoms with van der Waals surface area (Å²) in [6, 6.07) is 37.4. The summed E-state index contributed by atoms with van der Waals surface area (Å²) in [6.45, 7) is 4.48. The molecule has 0 bridgehead atoms. The highest BCUT2D eigenvalue weighted by atomic mass is 16.3. The van der Waals surface area contributed by atoms with Crippen molar-refractivity contribution in [3.63, 3.8) is 0 Å². The molecule has 0 spiro atoms. The summed E-state index contributed by atoms with van der Waals surface area (Å²) in [6.07, 6.45) is 0. The number of hydrogen-bond acceptors (Lipinski definition) is 1. The van der Waals surface area contributed by atoms with E-state index in [1.54, 1.807) is 0 Å². The average Bonchev–Trinajstić information content (AvgIpc) is 3.26. The van der Waals surface area contributed by atoms with E-state index in [0.717, 1.165) is 11.2 Å². The number of furan rings is 1. The van der Waals surface area contributed by atoms with Crippen molar-refractivity contribution in [1.82, 2.24) is 0 Å². The highest BCUT2D eigenvalue weighted by Gasteiger charge is 2.14. The molecule has 1 heteroatoms. The Balaban J connectivity index is 1.49. The predicted molar refractivity (Wildman–Crippen MR) is 146 cm³/mol. The third kappa shape index (κ3) is 2.74. The van der Waals surface area contributed by atoms with Crippen LogP contribution in [0.3, 0.4) is 0 Å². The van der Waals surface area contributed by atoms with Crippen LogP contribution in [0.4, 0.5) is 0 Å². The van der Waals surface area contributed by atoms with Gasteiger partial charge in [-0.3, -0.25) is 0 Å². The smallest absolute Gasteiger partial charge is 0.136 e. The molecule has 6 aromatic carbocycles. The van der Waals surface area contributed by atoms with Crippen LogP contribution in [-0.2, 0) is 0 Å². The minimum Gasteiger partial charge on any atom is -0.456 e. The molecule has 7 rings (SSSR count). The summed E-state index contributed by atoms with van der Waals surface area (Å²) >= 11 is 0. The van der Waals surface area contributed by atoms with Gasteiger partial charge in [-0.05, 0) is 79.2 Å². The molecular weight excluding hydrogens is 412 g/mol. The van der Waals surface area contributed by atoms with Crippen molar-refractivity contribution < 1.29 is 4.42 Å². The molecule has 1 aromatic heterocycles. The molecule has 162 valence electrons. The molecule has 34 heavy (non-hydrogen) atoms. The molecule has 0 amide bonds. The second-order valence-corrected chi connectivity index (χ2v) is 9.54. The fourth-order valence-electron chi connectivity index (χ4n) is 5.60. The van der Waals surface area contributed by atoms with Gasteiger partial charge in [0.15, 0.2) is 0 Å². The molecule has 0 saturated heterocycles. The van der Waals surface area contributed by atoms with Crippen molar-refractivity contribution in [1.29, 1.82) is 0 Å². The lowest BCUT2D eigenvalue weighted by atomic mass is 9.92. The maximum absolute atomic E-state index is 6.32. The minimum atomic E-state index is 0.452. The van der Waals surface area contributed by atoms with Crippen LogP contribution in [0.25, 0.3) is 65.4 Å². The van der Waals surface area contributed by atoms with Gasteiger partial charge in [0.2, 0.25) is 0 Å². The van der Waals surface area contributed by atoms with Crippen LogP contribution in [0.2, 0.25) is 0 Å². The van der Waals surface area contributed by atoms with E-state index in [9.17, 15) is 0 Å². The zero-order valence-corrected chi connectivity index (χ0v) is 19.3. The van der Waals surface area contributed by atoms with E-state index in [2.05, 4.69) is 117 Å². The number of fused-ring (bicyclic) bond motifs is 9. The van der Waals surface area contributed by atoms with Crippen LogP contribution in [-0.4, -0.2) is 0 Å². The number of hydrogen-bond donors (Lipinski definition) is 0. The lowest BCUT2D eigenvalue weighted by molar-refractivity contribution is 0.668. The van der Waals surface area contributed by atoms with Crippen LogP contribution in [0.5, 0.6) is 0 Å². The van der Waals surface area contributed by atoms with E-state index in [4.69, 9.17) is 4.42 Å². The fraction of sp³-hybridized carbons (Fsp3) is 0.0909. The molecule has 7 aromatic rings. The normalized spacial score (nSPS) is 12.1. The molecule has 0 N–H and O–H groups in total. The topological polar surface area (TPSA) is 13.1 Å². The van der Waals surface area contributed by atoms with E-state index < -0.39 is 0 Å². The van der Waals surface area contributed by atoms with Gasteiger partial charge < -0.3 is 4.42 Å². The van der Waals surface area contributed by atoms with E-state index >= 15 is 0 Å². The quantitative estimate of drug-likeness (QED) is 0.246. The Morgan fingerprint density at radius 1 is 0.471 bits per heavy atom. The van der Waals surface area contributed by atoms with Crippen molar-refractivity contribution in [3.8, 4) is 11.1 Å². The maximum Gasteiger partial charge on any atom is 0.136 e. The minimum absolute atomic E-state index is 0.452. The second-order valence-electron chi connectivity index (χ2n) is 9.54. The van der Waals surface area contributed by atoms with Gasteiger partial charge in [0.1, 0.15) is 11.2 Å². The van der Waals surface area contributed by atoms with Crippen molar-refractivity contribution >= 4 is 54.3 Å². The molecular formula is C33H24O. The fourth-order valence-corrected chi connectivity index (χ4v) is 5.60. The van der Waals surface area contributed by atoms with Crippen molar-refractivity contribution in [2.75, 3.05) is 0 Å². The largest absolute Gasteiger partial charge is 0.456 e. The van der Waals surface area contributed by atoms with Crippen molar-refractivity contribution in [3.05, 3.63) is 109 Å². The lowest BCUT2D eigenvalue weighted by Crippen LogP contribution is -1.87. The van der Waals surface area contributed by atoms with Gasteiger partial charge in [-0.25, -0.2) is 0 Å². The average molecular weight is 437 g/mol. The summed E-state index contributed by atoms with van der Waals surface area (Å²) in [7, 11) is 0. The molecule has 0 aliphatic heterocycles. The summed E-state index contributed by atoms with van der Waals surface area (Å²) in [5.74, 6) is 0.452. The predicted octanol–water partition coefficient (Wildman–Crippen LogP) is 9.84. The first-order chi connectivity index (χ1) is 16.7. The molecule has 0 saturated carbocycles. The third-order valence-corrected chi connectivity index (χ3v) is 7.23. The maximum atomic E-state index is 6.32. The summed E-state index contributed by atoms with van der Waals surface area (Å²) < 4.78 is 6.32. The summed E-state index contributed by atoms with van der Waals surface area (Å²) in [5, 5.41) is 10.2. The van der Waals surface area contributed by atoms with Crippen LogP contribution in [0, 0.1) is 0 Å². The SMILES string of the molecule is CC(C)c1cccc2oc3cc(-c4ccc5c6ccccc6c6ccccc6c5c4)ccc3c12. The standard InChI is InChI=1S/C33H24O/c1-20(2)23-12-7-13-31-33(23)29-17-15-22(19-32(29)34-31)21-14-16-28-26-10-4-3-8-24(26)25-9-5-6-11-27(25)30(28)18-21/h3-20H,1-2H3. The van der Waals surface area contributed by atoms with E-state index in [-0.39, 0.29) is 0 Å². The van der Waals surface area contributed by atoms with Gasteiger partial charge in [0.25, 0.3) is 0 Å². The van der Waals surface area contributed by atoms with Gasteiger partial charge in [0, 0.05) is 10.8 Å². The molecule has 0 aliphatic rings. The highest BCUT2D eigenvalue weighted by molar-refractivity contribution is 6.25. The number of rotatable bonds is 2. The molecule has 1 heterocycles. The second kappa shape index (κ2) is 7.20. The Hall–Kier alpha value is -4.10. The van der Waals surface area contributed by atoms with Crippen LogP contribution >= 0.6 is 0 Å².